The summed E-state index contributed by atoms with van der Waals surface area (Å²) in [4.78, 5) is 0. The van der Waals surface area contributed by atoms with Gasteiger partial charge in [-0.05, 0) is 93.0 Å². The molecule has 0 spiro atoms. The van der Waals surface area contributed by atoms with Crippen molar-refractivity contribution < 1.29 is 4.42 Å². The molecule has 64 heavy (non-hydrogen) atoms. The van der Waals surface area contributed by atoms with E-state index >= 15 is 0 Å². The van der Waals surface area contributed by atoms with Crippen molar-refractivity contribution in [2.45, 2.75) is 5.92 Å². The second kappa shape index (κ2) is 14.8. The Morgan fingerprint density at radius 1 is 0.375 bits per heavy atom. The molecule has 0 bridgehead atoms. The summed E-state index contributed by atoms with van der Waals surface area (Å²) in [5.41, 5.74) is 16.3. The molecule has 0 N–H and O–H groups in total. The number of para-hydroxylation sites is 3. The van der Waals surface area contributed by atoms with Gasteiger partial charge in [0.1, 0.15) is 11.2 Å². The maximum Gasteiger partial charge on any atom is 0.143 e. The van der Waals surface area contributed by atoms with E-state index in [1.807, 2.05) is 11.3 Å². The van der Waals surface area contributed by atoms with Crippen LogP contribution in [-0.2, 0) is 0 Å². The van der Waals surface area contributed by atoms with Gasteiger partial charge in [0, 0.05) is 58.9 Å². The molecule has 3 heterocycles. The minimum absolute atomic E-state index is 0.0305. The smallest absolute Gasteiger partial charge is 0.143 e. The van der Waals surface area contributed by atoms with Crippen molar-refractivity contribution in [1.82, 2.24) is 4.57 Å². The van der Waals surface area contributed by atoms with E-state index in [1.165, 1.54) is 86.6 Å². The number of hydrogen-bond acceptors (Lipinski definition) is 2. The zero-order chi connectivity index (χ0) is 42.1. The number of thiophene rings is 1. The molecule has 13 rings (SSSR count). The Labute approximate surface area is 374 Å². The summed E-state index contributed by atoms with van der Waals surface area (Å²) in [6.45, 7) is 0. The number of fused-ring (bicyclic) bond motifs is 9. The number of benzene rings is 10. The van der Waals surface area contributed by atoms with Crippen LogP contribution in [0.5, 0.6) is 0 Å². The molecule has 0 aliphatic carbocycles. The number of hydrogen-bond donors (Lipinski definition) is 0. The highest BCUT2D eigenvalue weighted by atomic mass is 32.1. The lowest BCUT2D eigenvalue weighted by Gasteiger charge is -2.21. The summed E-state index contributed by atoms with van der Waals surface area (Å²) >= 11 is 1.90. The molecule has 13 aromatic rings. The minimum atomic E-state index is 0.0305. The fourth-order valence-electron chi connectivity index (χ4n) is 10.1. The highest BCUT2D eigenvalue weighted by Crippen LogP contribution is 2.44. The van der Waals surface area contributed by atoms with E-state index in [0.717, 1.165) is 33.1 Å². The fraction of sp³-hybridized carbons (Fsp3) is 0.0164. The molecule has 0 aliphatic rings. The van der Waals surface area contributed by atoms with Crippen molar-refractivity contribution in [1.29, 1.82) is 0 Å². The summed E-state index contributed by atoms with van der Waals surface area (Å²) in [7, 11) is 0. The Balaban J connectivity index is 0.903. The van der Waals surface area contributed by atoms with Gasteiger partial charge in [0.25, 0.3) is 0 Å². The molecule has 0 saturated carbocycles. The third-order valence-electron chi connectivity index (χ3n) is 13.2. The molecule has 0 fully saturated rings. The molecule has 10 aromatic carbocycles. The molecule has 2 nitrogen and oxygen atoms in total. The van der Waals surface area contributed by atoms with Crippen LogP contribution < -0.4 is 0 Å². The van der Waals surface area contributed by atoms with Gasteiger partial charge in [-0.1, -0.05) is 182 Å². The van der Waals surface area contributed by atoms with E-state index in [0.29, 0.717) is 0 Å². The number of rotatable bonds is 7. The van der Waals surface area contributed by atoms with Crippen LogP contribution in [0.4, 0.5) is 0 Å². The van der Waals surface area contributed by atoms with Gasteiger partial charge in [-0.2, -0.15) is 0 Å². The lowest BCUT2D eigenvalue weighted by atomic mass is 9.83. The Morgan fingerprint density at radius 3 is 1.72 bits per heavy atom. The van der Waals surface area contributed by atoms with Gasteiger partial charge in [0.05, 0.1) is 11.0 Å². The van der Waals surface area contributed by atoms with Crippen molar-refractivity contribution in [2.24, 2.45) is 0 Å². The van der Waals surface area contributed by atoms with Gasteiger partial charge in [0.2, 0.25) is 0 Å². The summed E-state index contributed by atoms with van der Waals surface area (Å²) in [6.07, 6.45) is 0. The predicted molar refractivity (Wildman–Crippen MR) is 271 cm³/mol. The maximum atomic E-state index is 6.52. The van der Waals surface area contributed by atoms with E-state index < -0.39 is 0 Å². The van der Waals surface area contributed by atoms with E-state index in [-0.39, 0.29) is 5.92 Å². The Morgan fingerprint density at radius 2 is 0.953 bits per heavy atom. The summed E-state index contributed by atoms with van der Waals surface area (Å²) in [5.74, 6) is 0.0305. The van der Waals surface area contributed by atoms with Crippen molar-refractivity contribution in [3.05, 3.63) is 247 Å². The van der Waals surface area contributed by atoms with Crippen molar-refractivity contribution >= 4 is 75.3 Å². The average Bonchev–Trinajstić information content (AvgIpc) is 4.05. The molecule has 0 aliphatic heterocycles. The lowest BCUT2D eigenvalue weighted by molar-refractivity contribution is 0.670. The topological polar surface area (TPSA) is 18.1 Å². The van der Waals surface area contributed by atoms with E-state index in [9.17, 15) is 0 Å². The highest BCUT2D eigenvalue weighted by molar-refractivity contribution is 7.26. The van der Waals surface area contributed by atoms with Gasteiger partial charge in [-0.15, -0.1) is 11.3 Å². The largest absolute Gasteiger partial charge is 0.455 e. The molecule has 1 atom stereocenters. The summed E-state index contributed by atoms with van der Waals surface area (Å²) in [6, 6.07) is 84.1. The Hall–Kier alpha value is -7.98. The third-order valence-corrected chi connectivity index (χ3v) is 14.4. The van der Waals surface area contributed by atoms with Crippen LogP contribution in [0.2, 0.25) is 0 Å². The van der Waals surface area contributed by atoms with Crippen LogP contribution in [0, 0.1) is 0 Å². The van der Waals surface area contributed by atoms with Crippen LogP contribution >= 0.6 is 11.3 Å². The van der Waals surface area contributed by atoms with E-state index in [2.05, 4.69) is 235 Å². The van der Waals surface area contributed by atoms with Crippen molar-refractivity contribution in [2.75, 3.05) is 0 Å². The second-order valence-corrected chi connectivity index (χ2v) is 17.8. The Kier molecular flexibility index (Phi) is 8.50. The fourth-order valence-corrected chi connectivity index (χ4v) is 11.4. The summed E-state index contributed by atoms with van der Waals surface area (Å²) in [5, 5.41) is 7.41. The normalized spacial score (nSPS) is 12.3. The molecule has 0 saturated heterocycles. The molecule has 0 amide bonds. The molecular formula is C61H39NOS. The van der Waals surface area contributed by atoms with Crippen LogP contribution in [0.3, 0.4) is 0 Å². The predicted octanol–water partition coefficient (Wildman–Crippen LogP) is 17.2. The molecule has 300 valence electrons. The number of nitrogens with zero attached hydrogens (tertiary/aromatic N) is 1. The van der Waals surface area contributed by atoms with Gasteiger partial charge >= 0.3 is 0 Å². The maximum absolute atomic E-state index is 6.52. The average molecular weight is 834 g/mol. The first kappa shape index (κ1) is 36.7. The SMILES string of the molecule is c1ccc(-c2cccc3c2oc2ccc(-c4ccc(C(c5ccc(-c6ccc7c(c6)c6ccccc6n7-c6ccccc6)cc5)c5cccc6c5sc5ccccc56)cc4)cc23)cc1. The van der Waals surface area contributed by atoms with Crippen LogP contribution in [0.25, 0.3) is 103 Å². The summed E-state index contributed by atoms with van der Waals surface area (Å²) < 4.78 is 11.6. The van der Waals surface area contributed by atoms with E-state index in [4.69, 9.17) is 4.42 Å². The zero-order valence-corrected chi connectivity index (χ0v) is 35.6. The zero-order valence-electron chi connectivity index (χ0n) is 34.8. The van der Waals surface area contributed by atoms with E-state index in [1.54, 1.807) is 0 Å². The monoisotopic (exact) mass is 833 g/mol. The highest BCUT2D eigenvalue weighted by Gasteiger charge is 2.22. The first-order valence-electron chi connectivity index (χ1n) is 21.9. The van der Waals surface area contributed by atoms with Gasteiger partial charge in [-0.3, -0.25) is 0 Å². The number of aromatic nitrogens is 1. The van der Waals surface area contributed by atoms with Crippen molar-refractivity contribution in [3.63, 3.8) is 0 Å². The molecule has 3 aromatic heterocycles. The minimum Gasteiger partial charge on any atom is -0.455 e. The first-order valence-corrected chi connectivity index (χ1v) is 22.8. The van der Waals surface area contributed by atoms with Crippen molar-refractivity contribution in [3.8, 4) is 39.1 Å². The van der Waals surface area contributed by atoms with Gasteiger partial charge in [-0.25, -0.2) is 0 Å². The van der Waals surface area contributed by atoms with Gasteiger partial charge < -0.3 is 8.98 Å². The van der Waals surface area contributed by atoms with Crippen LogP contribution in [-0.4, -0.2) is 4.57 Å². The molecule has 0 radical (unpaired) electrons. The third kappa shape index (κ3) is 5.93. The van der Waals surface area contributed by atoms with Gasteiger partial charge in [0.15, 0.2) is 0 Å². The molecular weight excluding hydrogens is 795 g/mol. The Bertz CT molecular complexity index is 3870. The molecule has 3 heteroatoms. The van der Waals surface area contributed by atoms with Crippen LogP contribution in [0.15, 0.2) is 235 Å². The molecule has 1 unspecified atom stereocenters. The first-order chi connectivity index (χ1) is 31.7. The number of furan rings is 1. The second-order valence-electron chi connectivity index (χ2n) is 16.8. The standard InChI is InChI=1S/C61H39NOS/c1-3-13-41(14-4-1)47-19-11-20-50-54-38-45(34-36-57(54)63-60(47)50)40-27-31-43(32-28-40)59(52-22-12-21-51-49-18-8-10-24-58(49)64-61(51)52)42-29-25-39(26-30-42)44-33-35-56-53(37-44)48-17-7-9-23-55(48)62(56)46-15-5-2-6-16-46/h1-38,59H. The quantitative estimate of drug-likeness (QED) is 0.146. The van der Waals surface area contributed by atoms with Crippen LogP contribution in [0.1, 0.15) is 22.6 Å². The lowest BCUT2D eigenvalue weighted by Crippen LogP contribution is -2.04.